The van der Waals surface area contributed by atoms with Crippen molar-refractivity contribution in [1.82, 2.24) is 9.97 Å². The second-order valence-electron chi connectivity index (χ2n) is 4.31. The monoisotopic (exact) mass is 317 g/mol. The maximum absolute atomic E-state index is 13.1. The van der Waals surface area contributed by atoms with E-state index in [2.05, 4.69) is 25.9 Å². The first-order chi connectivity index (χ1) is 8.55. The summed E-state index contributed by atoms with van der Waals surface area (Å²) in [6, 6.07) is 1.71. The molecule has 0 saturated carbocycles. The van der Waals surface area contributed by atoms with Gasteiger partial charge in [-0.2, -0.15) is 0 Å². The van der Waals surface area contributed by atoms with Crippen LogP contribution in [0.4, 0.5) is 14.6 Å². The van der Waals surface area contributed by atoms with E-state index in [9.17, 15) is 8.78 Å². The van der Waals surface area contributed by atoms with Crippen LogP contribution in [0.3, 0.4) is 0 Å². The average Bonchev–Trinajstić information content (AvgIpc) is 2.76. The molecule has 0 bridgehead atoms. The Morgan fingerprint density at radius 1 is 1.33 bits per heavy atom. The number of alkyl halides is 2. The lowest BCUT2D eigenvalue weighted by molar-refractivity contribution is -0.0221. The largest absolute Gasteiger partial charge is 0.443 e. The normalized spacial score (nSPS) is 19.4. The third-order valence-electron chi connectivity index (χ3n) is 3.06. The number of halogens is 3. The number of pyridine rings is 1. The number of nitrogens with zero attached hydrogens (tertiary/aromatic N) is 3. The minimum Gasteiger partial charge on any atom is -0.443 e. The molecule has 0 radical (unpaired) electrons. The first-order valence-corrected chi connectivity index (χ1v) is 6.37. The molecule has 4 nitrogen and oxygen atoms in total. The van der Waals surface area contributed by atoms with Crippen LogP contribution < -0.4 is 4.90 Å². The number of rotatable bonds is 1. The fraction of sp³-hybridized carbons (Fsp3) is 0.455. The molecule has 0 amide bonds. The van der Waals surface area contributed by atoms with E-state index in [4.69, 9.17) is 4.42 Å². The molecule has 0 unspecified atom stereocenters. The van der Waals surface area contributed by atoms with Gasteiger partial charge in [-0.15, -0.1) is 0 Å². The number of fused-ring (bicyclic) bond motifs is 1. The number of hydrogen-bond donors (Lipinski definition) is 0. The highest BCUT2D eigenvalue weighted by Gasteiger charge is 2.35. The Hall–Kier alpha value is -1.24. The van der Waals surface area contributed by atoms with Crippen LogP contribution in [0.5, 0.6) is 0 Å². The van der Waals surface area contributed by atoms with Crippen LogP contribution in [0.2, 0.25) is 0 Å². The van der Waals surface area contributed by atoms with E-state index >= 15 is 0 Å². The molecule has 96 valence electrons. The maximum atomic E-state index is 13.1. The number of anilines is 1. The standard InChI is InChI=1S/C11H10BrF2N3O/c12-8-5-7-9(15-6-18-7)10(16-8)17-3-1-11(13,14)2-4-17/h5-6H,1-4H2. The zero-order valence-corrected chi connectivity index (χ0v) is 11.0. The van der Waals surface area contributed by atoms with Gasteiger partial charge in [0.25, 0.3) is 5.92 Å². The Kier molecular flexibility index (Phi) is 2.73. The minimum atomic E-state index is -2.56. The Morgan fingerprint density at radius 3 is 2.78 bits per heavy atom. The fourth-order valence-corrected chi connectivity index (χ4v) is 2.46. The lowest BCUT2D eigenvalue weighted by Crippen LogP contribution is -2.39. The Morgan fingerprint density at radius 2 is 2.06 bits per heavy atom. The molecule has 1 aliphatic heterocycles. The van der Waals surface area contributed by atoms with E-state index in [1.54, 1.807) is 6.07 Å². The molecule has 18 heavy (non-hydrogen) atoms. The van der Waals surface area contributed by atoms with Gasteiger partial charge in [0.1, 0.15) is 4.60 Å². The van der Waals surface area contributed by atoms with Gasteiger partial charge in [0.05, 0.1) is 0 Å². The van der Waals surface area contributed by atoms with Crippen molar-refractivity contribution in [3.8, 4) is 0 Å². The molecule has 0 atom stereocenters. The molecule has 3 rings (SSSR count). The number of piperidine rings is 1. The van der Waals surface area contributed by atoms with E-state index in [-0.39, 0.29) is 25.9 Å². The second-order valence-corrected chi connectivity index (χ2v) is 5.12. The van der Waals surface area contributed by atoms with E-state index in [0.717, 1.165) is 0 Å². The number of hydrogen-bond acceptors (Lipinski definition) is 4. The van der Waals surface area contributed by atoms with Crippen LogP contribution in [0, 0.1) is 0 Å². The predicted octanol–water partition coefficient (Wildman–Crippen LogP) is 3.22. The van der Waals surface area contributed by atoms with Gasteiger partial charge in [-0.1, -0.05) is 0 Å². The van der Waals surface area contributed by atoms with Crippen LogP contribution in [0.1, 0.15) is 12.8 Å². The first kappa shape index (κ1) is 11.8. The molecule has 3 heterocycles. The molecule has 0 aliphatic carbocycles. The highest BCUT2D eigenvalue weighted by atomic mass is 79.9. The lowest BCUT2D eigenvalue weighted by Gasteiger charge is -2.32. The van der Waals surface area contributed by atoms with Crippen molar-refractivity contribution in [2.24, 2.45) is 0 Å². The minimum absolute atomic E-state index is 0.152. The van der Waals surface area contributed by atoms with Gasteiger partial charge in [0.2, 0.25) is 0 Å². The third-order valence-corrected chi connectivity index (χ3v) is 3.47. The van der Waals surface area contributed by atoms with Gasteiger partial charge in [-0.25, -0.2) is 18.7 Å². The van der Waals surface area contributed by atoms with Gasteiger partial charge >= 0.3 is 0 Å². The average molecular weight is 318 g/mol. The van der Waals surface area contributed by atoms with E-state index in [0.29, 0.717) is 21.5 Å². The van der Waals surface area contributed by atoms with Crippen molar-refractivity contribution in [2.75, 3.05) is 18.0 Å². The van der Waals surface area contributed by atoms with Crippen molar-refractivity contribution in [1.29, 1.82) is 0 Å². The zero-order chi connectivity index (χ0) is 12.8. The number of aromatic nitrogens is 2. The summed E-state index contributed by atoms with van der Waals surface area (Å²) in [5.74, 6) is -1.96. The van der Waals surface area contributed by atoms with E-state index < -0.39 is 5.92 Å². The highest BCUT2D eigenvalue weighted by Crippen LogP contribution is 2.33. The van der Waals surface area contributed by atoms with Gasteiger partial charge in [0.15, 0.2) is 23.3 Å². The third kappa shape index (κ3) is 2.07. The van der Waals surface area contributed by atoms with Crippen LogP contribution in [-0.2, 0) is 0 Å². The topological polar surface area (TPSA) is 42.2 Å². The maximum Gasteiger partial charge on any atom is 0.251 e. The van der Waals surface area contributed by atoms with Crippen molar-refractivity contribution in [3.05, 3.63) is 17.1 Å². The van der Waals surface area contributed by atoms with E-state index in [1.165, 1.54) is 6.39 Å². The molecule has 1 fully saturated rings. The summed E-state index contributed by atoms with van der Waals surface area (Å²) in [4.78, 5) is 10.2. The van der Waals surface area contributed by atoms with Gasteiger partial charge in [0, 0.05) is 32.0 Å². The van der Waals surface area contributed by atoms with Gasteiger partial charge < -0.3 is 9.32 Å². The fourth-order valence-electron chi connectivity index (χ4n) is 2.09. The summed E-state index contributed by atoms with van der Waals surface area (Å²) < 4.78 is 32.1. The molecular weight excluding hydrogens is 308 g/mol. The molecule has 1 saturated heterocycles. The van der Waals surface area contributed by atoms with Crippen LogP contribution in [0.15, 0.2) is 21.5 Å². The van der Waals surface area contributed by atoms with E-state index in [1.807, 2.05) is 4.90 Å². The molecule has 1 aliphatic rings. The predicted molar refractivity (Wildman–Crippen MR) is 65.9 cm³/mol. The van der Waals surface area contributed by atoms with Crippen LogP contribution in [0.25, 0.3) is 11.1 Å². The zero-order valence-electron chi connectivity index (χ0n) is 9.37. The summed E-state index contributed by atoms with van der Waals surface area (Å²) in [6.07, 6.45) is 1.03. The quantitative estimate of drug-likeness (QED) is 0.757. The Bertz CT molecular complexity index is 577. The summed E-state index contributed by atoms with van der Waals surface area (Å²) in [5.41, 5.74) is 1.22. The number of oxazole rings is 1. The first-order valence-electron chi connectivity index (χ1n) is 5.58. The van der Waals surface area contributed by atoms with Gasteiger partial charge in [-0.05, 0) is 15.9 Å². The molecule has 2 aromatic heterocycles. The summed E-state index contributed by atoms with van der Waals surface area (Å²) in [7, 11) is 0. The Balaban J connectivity index is 1.97. The molecule has 0 N–H and O–H groups in total. The molecule has 0 spiro atoms. The highest BCUT2D eigenvalue weighted by molar-refractivity contribution is 9.10. The van der Waals surface area contributed by atoms with Crippen LogP contribution >= 0.6 is 15.9 Å². The lowest BCUT2D eigenvalue weighted by atomic mass is 10.1. The van der Waals surface area contributed by atoms with Crippen molar-refractivity contribution >= 4 is 32.8 Å². The Labute approximate surface area is 110 Å². The summed E-state index contributed by atoms with van der Waals surface area (Å²) >= 11 is 3.28. The smallest absolute Gasteiger partial charge is 0.251 e. The SMILES string of the molecule is FC1(F)CCN(c2nc(Br)cc3ocnc23)CC1. The van der Waals surface area contributed by atoms with Crippen molar-refractivity contribution < 1.29 is 13.2 Å². The summed E-state index contributed by atoms with van der Waals surface area (Å²) in [6.45, 7) is 0.552. The molecule has 2 aromatic rings. The second kappa shape index (κ2) is 4.15. The van der Waals surface area contributed by atoms with Crippen LogP contribution in [-0.4, -0.2) is 29.0 Å². The van der Waals surface area contributed by atoms with Gasteiger partial charge in [-0.3, -0.25) is 0 Å². The summed E-state index contributed by atoms with van der Waals surface area (Å²) in [5, 5.41) is 0. The van der Waals surface area contributed by atoms with Crippen molar-refractivity contribution in [3.63, 3.8) is 0 Å². The molecule has 7 heteroatoms. The van der Waals surface area contributed by atoms with Crippen molar-refractivity contribution in [2.45, 2.75) is 18.8 Å². The molecular formula is C11H10BrF2N3O. The molecule has 0 aromatic carbocycles.